The number of halogens is 2. The summed E-state index contributed by atoms with van der Waals surface area (Å²) in [6.45, 7) is -0.199. The highest BCUT2D eigenvalue weighted by Crippen LogP contribution is 2.28. The molecule has 0 radical (unpaired) electrons. The van der Waals surface area contributed by atoms with Crippen molar-refractivity contribution in [2.24, 2.45) is 0 Å². The zero-order valence-corrected chi connectivity index (χ0v) is 23.7. The van der Waals surface area contributed by atoms with Crippen molar-refractivity contribution in [3.8, 4) is 23.0 Å². The van der Waals surface area contributed by atoms with Gasteiger partial charge in [-0.15, -0.1) is 0 Å². The van der Waals surface area contributed by atoms with E-state index in [9.17, 15) is 18.4 Å². The molecule has 0 unspecified atom stereocenters. The first kappa shape index (κ1) is 33.9. The normalized spacial score (nSPS) is 9.74. The molecule has 43 heavy (non-hydrogen) atoms. The first-order valence-corrected chi connectivity index (χ1v) is 12.3. The van der Waals surface area contributed by atoms with Gasteiger partial charge in [-0.2, -0.15) is 0 Å². The third-order valence-electron chi connectivity index (χ3n) is 5.38. The lowest BCUT2D eigenvalue weighted by atomic mass is 10.2. The third kappa shape index (κ3) is 10.2. The molecule has 13 heteroatoms. The van der Waals surface area contributed by atoms with E-state index in [1.165, 1.54) is 58.9 Å². The number of ether oxygens (including phenoxy) is 5. The molecule has 2 heterocycles. The van der Waals surface area contributed by atoms with Crippen LogP contribution in [0.15, 0.2) is 73.1 Å². The van der Waals surface area contributed by atoms with Crippen LogP contribution < -0.4 is 14.2 Å². The van der Waals surface area contributed by atoms with E-state index in [-0.39, 0.29) is 47.7 Å². The molecule has 0 bridgehead atoms. The molecule has 2 N–H and O–H groups in total. The molecule has 0 saturated heterocycles. The standard InChI is InChI=1S/C15H14FNO4.C8H9NO4.C7H7FO/c1-19-13-7-12(15(18)20-2)17-8-14(13)21-9-10-5-3-4-6-11(10)16;1-12-7-3-5(8(11)13-2)9-4-6(7)10;8-7-4-2-1-3-6(7)5-9/h3-8H,9H2,1-2H3;3-4,10H,1-2H3;1-4,9H,5H2. The number of aromatic hydroxyl groups is 1. The van der Waals surface area contributed by atoms with E-state index < -0.39 is 11.9 Å². The molecule has 228 valence electrons. The van der Waals surface area contributed by atoms with Gasteiger partial charge in [0.15, 0.2) is 34.4 Å². The van der Waals surface area contributed by atoms with Gasteiger partial charge >= 0.3 is 11.9 Å². The number of hydrogen-bond acceptors (Lipinski definition) is 11. The van der Waals surface area contributed by atoms with Crippen LogP contribution in [0.3, 0.4) is 0 Å². The second-order valence-electron chi connectivity index (χ2n) is 8.07. The zero-order valence-electron chi connectivity index (χ0n) is 23.7. The Morgan fingerprint density at radius 1 is 0.721 bits per heavy atom. The van der Waals surface area contributed by atoms with E-state index in [4.69, 9.17) is 24.4 Å². The van der Waals surface area contributed by atoms with Crippen LogP contribution in [0.1, 0.15) is 32.1 Å². The van der Waals surface area contributed by atoms with Crippen molar-refractivity contribution in [3.63, 3.8) is 0 Å². The second-order valence-corrected chi connectivity index (χ2v) is 8.07. The highest BCUT2D eigenvalue weighted by molar-refractivity contribution is 5.88. The van der Waals surface area contributed by atoms with Gasteiger partial charge < -0.3 is 33.9 Å². The largest absolute Gasteiger partial charge is 0.503 e. The van der Waals surface area contributed by atoms with E-state index in [1.54, 1.807) is 36.4 Å². The van der Waals surface area contributed by atoms with E-state index in [0.717, 1.165) is 6.20 Å². The molecule has 4 aromatic rings. The fraction of sp³-hybridized carbons (Fsp3) is 0.200. The first-order chi connectivity index (χ1) is 20.7. The molecule has 0 aliphatic heterocycles. The Bertz CT molecular complexity index is 1500. The molecule has 0 aliphatic rings. The summed E-state index contributed by atoms with van der Waals surface area (Å²) in [5, 5.41) is 17.6. The summed E-state index contributed by atoms with van der Waals surface area (Å²) in [6, 6.07) is 15.2. The number of carbonyl (C=O) groups is 2. The SMILES string of the molecule is COC(=O)c1cc(OC)c(O)cn1.COC(=O)c1cc(OC)c(OCc2ccccc2F)cn1.OCc1ccccc1F. The molecular weight excluding hydrogens is 570 g/mol. The minimum absolute atomic E-state index is 0.0300. The fourth-order valence-electron chi connectivity index (χ4n) is 3.12. The summed E-state index contributed by atoms with van der Waals surface area (Å²) in [5.41, 5.74) is 0.957. The highest BCUT2D eigenvalue weighted by Gasteiger charge is 2.14. The number of rotatable bonds is 8. The molecule has 2 aromatic carbocycles. The lowest BCUT2D eigenvalue weighted by molar-refractivity contribution is 0.0584. The summed E-state index contributed by atoms with van der Waals surface area (Å²) < 4.78 is 50.3. The maximum absolute atomic E-state index is 13.5. The molecule has 0 amide bonds. The number of benzene rings is 2. The van der Waals surface area contributed by atoms with Gasteiger partial charge in [-0.1, -0.05) is 36.4 Å². The number of hydrogen-bond donors (Lipinski definition) is 2. The van der Waals surface area contributed by atoms with Crippen LogP contribution in [-0.2, 0) is 22.7 Å². The van der Waals surface area contributed by atoms with Crippen molar-refractivity contribution in [1.82, 2.24) is 9.97 Å². The molecule has 0 spiro atoms. The van der Waals surface area contributed by atoms with Gasteiger partial charge in [-0.3, -0.25) is 0 Å². The zero-order chi connectivity index (χ0) is 31.8. The van der Waals surface area contributed by atoms with Crippen molar-refractivity contribution in [3.05, 3.63) is 107 Å². The Kier molecular flexibility index (Phi) is 13.8. The van der Waals surface area contributed by atoms with Crippen LogP contribution >= 0.6 is 0 Å². The van der Waals surface area contributed by atoms with Crippen molar-refractivity contribution in [2.45, 2.75) is 13.2 Å². The van der Waals surface area contributed by atoms with Gasteiger partial charge in [-0.05, 0) is 12.1 Å². The van der Waals surface area contributed by atoms with E-state index in [2.05, 4.69) is 19.4 Å². The lowest BCUT2D eigenvalue weighted by Gasteiger charge is -2.11. The van der Waals surface area contributed by atoms with Crippen LogP contribution in [0.5, 0.6) is 23.0 Å². The fourth-order valence-corrected chi connectivity index (χ4v) is 3.12. The van der Waals surface area contributed by atoms with Crippen LogP contribution in [0.2, 0.25) is 0 Å². The van der Waals surface area contributed by atoms with Crippen LogP contribution in [0.4, 0.5) is 8.78 Å². The van der Waals surface area contributed by atoms with Crippen LogP contribution in [0, 0.1) is 11.6 Å². The Morgan fingerprint density at radius 2 is 1.21 bits per heavy atom. The van der Waals surface area contributed by atoms with Crippen molar-refractivity contribution >= 4 is 11.9 Å². The minimum atomic E-state index is -0.575. The Hall–Kier alpha value is -5.30. The molecule has 11 nitrogen and oxygen atoms in total. The monoisotopic (exact) mass is 600 g/mol. The minimum Gasteiger partial charge on any atom is -0.503 e. The van der Waals surface area contributed by atoms with Crippen molar-refractivity contribution < 1.29 is 52.3 Å². The Labute approximate surface area is 246 Å². The summed E-state index contributed by atoms with van der Waals surface area (Å²) in [5.74, 6) is -1.14. The number of aliphatic hydroxyl groups excluding tert-OH is 1. The van der Waals surface area contributed by atoms with E-state index in [1.807, 2.05) is 0 Å². The number of nitrogens with zero attached hydrogens (tertiary/aromatic N) is 2. The number of pyridine rings is 2. The van der Waals surface area contributed by atoms with Crippen LogP contribution in [-0.4, -0.2) is 60.6 Å². The van der Waals surface area contributed by atoms with E-state index in [0.29, 0.717) is 22.6 Å². The number of carbonyl (C=O) groups excluding carboxylic acids is 2. The summed E-state index contributed by atoms with van der Waals surface area (Å²) in [4.78, 5) is 29.9. The van der Waals surface area contributed by atoms with Crippen LogP contribution in [0.25, 0.3) is 0 Å². The first-order valence-electron chi connectivity index (χ1n) is 12.3. The molecule has 2 aromatic heterocycles. The van der Waals surface area contributed by atoms with Gasteiger partial charge in [-0.25, -0.2) is 28.3 Å². The molecule has 0 atom stereocenters. The van der Waals surface area contributed by atoms with Crippen molar-refractivity contribution in [1.29, 1.82) is 0 Å². The number of aliphatic hydroxyl groups is 1. The van der Waals surface area contributed by atoms with Gasteiger partial charge in [0.1, 0.15) is 18.2 Å². The quantitative estimate of drug-likeness (QED) is 0.276. The lowest BCUT2D eigenvalue weighted by Crippen LogP contribution is -2.06. The Morgan fingerprint density at radius 3 is 1.67 bits per heavy atom. The predicted octanol–water partition coefficient (Wildman–Crippen LogP) is 4.50. The summed E-state index contributed by atoms with van der Waals surface area (Å²) in [7, 11) is 5.34. The topological polar surface area (TPSA) is 147 Å². The van der Waals surface area contributed by atoms with E-state index >= 15 is 0 Å². The maximum Gasteiger partial charge on any atom is 0.356 e. The van der Waals surface area contributed by atoms with Gasteiger partial charge in [0.25, 0.3) is 0 Å². The maximum atomic E-state index is 13.5. The molecule has 0 saturated carbocycles. The van der Waals surface area contributed by atoms with Gasteiger partial charge in [0.2, 0.25) is 0 Å². The average molecular weight is 601 g/mol. The predicted molar refractivity (Wildman–Crippen MR) is 149 cm³/mol. The highest BCUT2D eigenvalue weighted by atomic mass is 19.1. The summed E-state index contributed by atoms with van der Waals surface area (Å²) in [6.07, 6.45) is 2.47. The van der Waals surface area contributed by atoms with Gasteiger partial charge in [0, 0.05) is 23.3 Å². The summed E-state index contributed by atoms with van der Waals surface area (Å²) >= 11 is 0. The molecule has 0 fully saturated rings. The molecule has 4 rings (SSSR count). The molecule has 0 aliphatic carbocycles. The number of methoxy groups -OCH3 is 4. The third-order valence-corrected chi connectivity index (χ3v) is 5.38. The Balaban J connectivity index is 0.000000249. The number of esters is 2. The molecular formula is C30H30F2N2O9. The van der Waals surface area contributed by atoms with Crippen molar-refractivity contribution in [2.75, 3.05) is 28.4 Å². The average Bonchev–Trinajstić information content (AvgIpc) is 3.04. The smallest absolute Gasteiger partial charge is 0.356 e. The van der Waals surface area contributed by atoms with Gasteiger partial charge in [0.05, 0.1) is 47.4 Å². The second kappa shape index (κ2) is 17.5. The number of aromatic nitrogens is 2.